The summed E-state index contributed by atoms with van der Waals surface area (Å²) in [7, 11) is 0. The Morgan fingerprint density at radius 1 is 1.21 bits per heavy atom. The Kier molecular flexibility index (Phi) is 2.94. The minimum atomic E-state index is 0.297. The third-order valence-corrected chi connectivity index (χ3v) is 3.02. The van der Waals surface area contributed by atoms with Crippen LogP contribution in [0.15, 0.2) is 24.3 Å². The van der Waals surface area contributed by atoms with Gasteiger partial charge in [-0.3, -0.25) is 0 Å². The van der Waals surface area contributed by atoms with Gasteiger partial charge in [0.05, 0.1) is 0 Å². The van der Waals surface area contributed by atoms with Gasteiger partial charge in [0.2, 0.25) is 0 Å². The van der Waals surface area contributed by atoms with Gasteiger partial charge >= 0.3 is 0 Å². The molecule has 14 heavy (non-hydrogen) atoms. The van der Waals surface area contributed by atoms with Crippen molar-refractivity contribution in [2.75, 3.05) is 5.32 Å². The smallest absolute Gasteiger partial charge is 0.0412 e. The number of nitrogens with one attached hydrogen (secondary N) is 1. The van der Waals surface area contributed by atoms with Crippen LogP contribution >= 0.6 is 11.6 Å². The van der Waals surface area contributed by atoms with E-state index in [0.29, 0.717) is 12.1 Å². The molecule has 0 aliphatic heterocycles. The standard InChI is InChI=1S/C11H15ClN2/c12-8-4-6-9(7-5-8)14-11-3-1-2-10(11)13/h4-7,10-11,14H,1-3,13H2/t10-,11+/m1/s1. The first kappa shape index (κ1) is 9.81. The Balaban J connectivity index is 2.00. The molecule has 0 radical (unpaired) electrons. The molecule has 0 spiro atoms. The number of anilines is 1. The van der Waals surface area contributed by atoms with E-state index in [1.54, 1.807) is 0 Å². The van der Waals surface area contributed by atoms with Gasteiger partial charge in [-0.1, -0.05) is 11.6 Å². The first-order chi connectivity index (χ1) is 6.75. The summed E-state index contributed by atoms with van der Waals surface area (Å²) in [6.07, 6.45) is 3.53. The van der Waals surface area contributed by atoms with E-state index in [1.807, 2.05) is 24.3 Å². The zero-order valence-corrected chi connectivity index (χ0v) is 8.80. The number of hydrogen-bond donors (Lipinski definition) is 2. The van der Waals surface area contributed by atoms with Crippen LogP contribution in [0.5, 0.6) is 0 Å². The monoisotopic (exact) mass is 210 g/mol. The molecule has 76 valence electrons. The molecule has 1 saturated carbocycles. The molecule has 2 rings (SSSR count). The largest absolute Gasteiger partial charge is 0.381 e. The number of benzene rings is 1. The summed E-state index contributed by atoms with van der Waals surface area (Å²) in [5.41, 5.74) is 7.08. The van der Waals surface area contributed by atoms with Crippen molar-refractivity contribution < 1.29 is 0 Å². The molecule has 1 fully saturated rings. The molecule has 0 saturated heterocycles. The lowest BCUT2D eigenvalue weighted by molar-refractivity contribution is 0.638. The van der Waals surface area contributed by atoms with Gasteiger partial charge in [-0.15, -0.1) is 0 Å². The van der Waals surface area contributed by atoms with Crippen molar-refractivity contribution in [1.29, 1.82) is 0 Å². The van der Waals surface area contributed by atoms with E-state index in [0.717, 1.165) is 17.1 Å². The molecule has 0 amide bonds. The van der Waals surface area contributed by atoms with E-state index in [1.165, 1.54) is 12.8 Å². The van der Waals surface area contributed by atoms with Gasteiger partial charge < -0.3 is 11.1 Å². The Bertz CT molecular complexity index is 297. The van der Waals surface area contributed by atoms with Crippen LogP contribution in [0.4, 0.5) is 5.69 Å². The second-order valence-electron chi connectivity index (χ2n) is 3.85. The number of halogens is 1. The minimum Gasteiger partial charge on any atom is -0.381 e. The van der Waals surface area contributed by atoms with Crippen LogP contribution in [0.1, 0.15) is 19.3 Å². The summed E-state index contributed by atoms with van der Waals surface area (Å²) in [4.78, 5) is 0. The Morgan fingerprint density at radius 3 is 2.50 bits per heavy atom. The number of rotatable bonds is 2. The molecule has 0 unspecified atom stereocenters. The fourth-order valence-electron chi connectivity index (χ4n) is 1.93. The SMILES string of the molecule is N[C@@H]1CCC[C@@H]1Nc1ccc(Cl)cc1. The first-order valence-corrected chi connectivity index (χ1v) is 5.41. The van der Waals surface area contributed by atoms with E-state index < -0.39 is 0 Å². The fraction of sp³-hybridized carbons (Fsp3) is 0.455. The van der Waals surface area contributed by atoms with Crippen LogP contribution in [0.2, 0.25) is 5.02 Å². The molecule has 1 aliphatic carbocycles. The highest BCUT2D eigenvalue weighted by atomic mass is 35.5. The minimum absolute atomic E-state index is 0.297. The molecular weight excluding hydrogens is 196 g/mol. The van der Waals surface area contributed by atoms with Crippen LogP contribution in [0.25, 0.3) is 0 Å². The van der Waals surface area contributed by atoms with Crippen LogP contribution in [-0.2, 0) is 0 Å². The second-order valence-corrected chi connectivity index (χ2v) is 4.29. The number of nitrogens with two attached hydrogens (primary N) is 1. The van der Waals surface area contributed by atoms with Crippen LogP contribution in [0.3, 0.4) is 0 Å². The van der Waals surface area contributed by atoms with Crippen molar-refractivity contribution >= 4 is 17.3 Å². The highest BCUT2D eigenvalue weighted by molar-refractivity contribution is 6.30. The van der Waals surface area contributed by atoms with E-state index in [2.05, 4.69) is 5.32 Å². The average Bonchev–Trinajstić information content (AvgIpc) is 2.56. The van der Waals surface area contributed by atoms with Crippen molar-refractivity contribution in [3.63, 3.8) is 0 Å². The van der Waals surface area contributed by atoms with E-state index in [4.69, 9.17) is 17.3 Å². The summed E-state index contributed by atoms with van der Waals surface area (Å²) < 4.78 is 0. The summed E-state index contributed by atoms with van der Waals surface area (Å²) in [5, 5.41) is 4.20. The van der Waals surface area contributed by atoms with Crippen molar-refractivity contribution in [3.05, 3.63) is 29.3 Å². The van der Waals surface area contributed by atoms with E-state index in [9.17, 15) is 0 Å². The van der Waals surface area contributed by atoms with Crippen LogP contribution < -0.4 is 11.1 Å². The molecule has 1 aromatic rings. The van der Waals surface area contributed by atoms with Gasteiger partial charge in [0, 0.05) is 22.8 Å². The van der Waals surface area contributed by atoms with Crippen molar-refractivity contribution in [3.8, 4) is 0 Å². The third-order valence-electron chi connectivity index (χ3n) is 2.77. The van der Waals surface area contributed by atoms with Gasteiger partial charge in [-0.05, 0) is 43.5 Å². The maximum atomic E-state index is 5.97. The topological polar surface area (TPSA) is 38.0 Å². The van der Waals surface area contributed by atoms with Crippen LogP contribution in [-0.4, -0.2) is 12.1 Å². The summed E-state index contributed by atoms with van der Waals surface area (Å²) in [6, 6.07) is 8.50. The molecule has 1 aliphatic rings. The van der Waals surface area contributed by atoms with Gasteiger partial charge in [0.15, 0.2) is 0 Å². The maximum absolute atomic E-state index is 5.97. The molecule has 2 nitrogen and oxygen atoms in total. The van der Waals surface area contributed by atoms with Gasteiger partial charge in [-0.25, -0.2) is 0 Å². The molecular formula is C11H15ClN2. The Morgan fingerprint density at radius 2 is 1.93 bits per heavy atom. The molecule has 0 heterocycles. The lowest BCUT2D eigenvalue weighted by Gasteiger charge is -2.18. The zero-order chi connectivity index (χ0) is 9.97. The molecule has 3 N–H and O–H groups in total. The predicted octanol–water partition coefficient (Wildman–Crippen LogP) is 2.63. The lowest BCUT2D eigenvalue weighted by Crippen LogP contribution is -2.35. The molecule has 0 bridgehead atoms. The van der Waals surface area contributed by atoms with Crippen molar-refractivity contribution in [1.82, 2.24) is 0 Å². The molecule has 3 heteroatoms. The van der Waals surface area contributed by atoms with Gasteiger partial charge in [0.25, 0.3) is 0 Å². The summed E-state index contributed by atoms with van der Waals surface area (Å²) in [6.45, 7) is 0. The highest BCUT2D eigenvalue weighted by Crippen LogP contribution is 2.22. The first-order valence-electron chi connectivity index (χ1n) is 5.03. The van der Waals surface area contributed by atoms with E-state index in [-0.39, 0.29) is 0 Å². The molecule has 0 aromatic heterocycles. The maximum Gasteiger partial charge on any atom is 0.0412 e. The quantitative estimate of drug-likeness (QED) is 0.788. The summed E-state index contributed by atoms with van der Waals surface area (Å²) >= 11 is 5.80. The van der Waals surface area contributed by atoms with Gasteiger partial charge in [0.1, 0.15) is 0 Å². The van der Waals surface area contributed by atoms with Crippen molar-refractivity contribution in [2.45, 2.75) is 31.3 Å². The normalized spacial score (nSPS) is 26.4. The third kappa shape index (κ3) is 2.20. The van der Waals surface area contributed by atoms with E-state index >= 15 is 0 Å². The molecule has 2 atom stereocenters. The average molecular weight is 211 g/mol. The van der Waals surface area contributed by atoms with Crippen LogP contribution in [0, 0.1) is 0 Å². The van der Waals surface area contributed by atoms with Gasteiger partial charge in [-0.2, -0.15) is 0 Å². The summed E-state index contributed by atoms with van der Waals surface area (Å²) in [5.74, 6) is 0. The lowest BCUT2D eigenvalue weighted by atomic mass is 10.2. The Hall–Kier alpha value is -0.730. The predicted molar refractivity (Wildman–Crippen MR) is 60.7 cm³/mol. The Labute approximate surface area is 89.4 Å². The molecule has 1 aromatic carbocycles. The number of hydrogen-bond acceptors (Lipinski definition) is 2. The highest BCUT2D eigenvalue weighted by Gasteiger charge is 2.23. The fourth-order valence-corrected chi connectivity index (χ4v) is 2.05. The van der Waals surface area contributed by atoms with Crippen molar-refractivity contribution in [2.24, 2.45) is 5.73 Å². The zero-order valence-electron chi connectivity index (χ0n) is 8.04. The second kappa shape index (κ2) is 4.20.